The maximum absolute atomic E-state index is 13.5. The van der Waals surface area contributed by atoms with E-state index in [0.29, 0.717) is 5.56 Å². The van der Waals surface area contributed by atoms with E-state index in [-0.39, 0.29) is 42.3 Å². The van der Waals surface area contributed by atoms with Crippen LogP contribution in [0.2, 0.25) is 0 Å². The Morgan fingerprint density at radius 1 is 1.24 bits per heavy atom. The summed E-state index contributed by atoms with van der Waals surface area (Å²) in [4.78, 5) is 4.14. The van der Waals surface area contributed by atoms with Crippen molar-refractivity contribution in [3.63, 3.8) is 0 Å². The summed E-state index contributed by atoms with van der Waals surface area (Å²) in [6, 6.07) is 12.5. The number of anilines is 1. The van der Waals surface area contributed by atoms with Crippen LogP contribution in [0.3, 0.4) is 0 Å². The van der Waals surface area contributed by atoms with Gasteiger partial charge in [0.05, 0.1) is 6.54 Å². The summed E-state index contributed by atoms with van der Waals surface area (Å²) in [6.45, 7) is 2.20. The fourth-order valence-corrected chi connectivity index (χ4v) is 2.07. The molecule has 2 aromatic carbocycles. The first-order valence-corrected chi connectivity index (χ1v) is 6.91. The average Bonchev–Trinajstić information content (AvgIpc) is 2.42. The highest BCUT2D eigenvalue weighted by Gasteiger charge is 2.02. The summed E-state index contributed by atoms with van der Waals surface area (Å²) in [5.74, 6) is -0.0340. The second-order valence-electron chi connectivity index (χ2n) is 4.43. The Hall–Kier alpha value is -1.15. The van der Waals surface area contributed by atoms with Crippen LogP contribution in [0, 0.1) is 12.7 Å². The van der Waals surface area contributed by atoms with Gasteiger partial charge in [-0.3, -0.25) is 0 Å². The lowest BCUT2D eigenvalue weighted by Gasteiger charge is -2.06. The summed E-state index contributed by atoms with van der Waals surface area (Å²) in [5, 5.41) is 2.97. The van der Waals surface area contributed by atoms with Crippen molar-refractivity contribution in [2.24, 2.45) is 10.7 Å². The molecule has 0 heterocycles. The number of rotatable bonds is 3. The number of nitrogens with one attached hydrogen (secondary N) is 1. The molecule has 0 fully saturated rings. The fraction of sp³-hybridized carbons (Fsp3) is 0.133. The molecule has 0 saturated carbocycles. The predicted octanol–water partition coefficient (Wildman–Crippen LogP) is 4.44. The van der Waals surface area contributed by atoms with Crippen LogP contribution in [-0.4, -0.2) is 5.96 Å². The molecule has 0 aliphatic heterocycles. The average molecular weight is 464 g/mol. The Kier molecular flexibility index (Phi) is 7.10. The van der Waals surface area contributed by atoms with Crippen molar-refractivity contribution in [2.45, 2.75) is 13.5 Å². The molecule has 0 spiro atoms. The molecule has 112 valence electrons. The van der Waals surface area contributed by atoms with Gasteiger partial charge >= 0.3 is 0 Å². The van der Waals surface area contributed by atoms with E-state index in [1.165, 1.54) is 11.6 Å². The van der Waals surface area contributed by atoms with Gasteiger partial charge in [0.1, 0.15) is 5.82 Å². The van der Waals surface area contributed by atoms with Gasteiger partial charge in [-0.05, 0) is 37.3 Å². The number of hydrogen-bond donors (Lipinski definition) is 2. The number of guanidine groups is 1. The minimum absolute atomic E-state index is 0. The Bertz CT molecular complexity index is 629. The zero-order valence-electron chi connectivity index (χ0n) is 11.4. The Morgan fingerprint density at radius 2 is 1.90 bits per heavy atom. The van der Waals surface area contributed by atoms with Gasteiger partial charge < -0.3 is 11.1 Å². The van der Waals surface area contributed by atoms with E-state index < -0.39 is 0 Å². The second kappa shape index (κ2) is 8.33. The summed E-state index contributed by atoms with van der Waals surface area (Å²) < 4.78 is 14.4. The number of halogens is 3. The van der Waals surface area contributed by atoms with Gasteiger partial charge in [-0.25, -0.2) is 9.38 Å². The molecule has 0 aliphatic rings. The van der Waals surface area contributed by atoms with Gasteiger partial charge in [0.25, 0.3) is 0 Å². The first-order valence-electron chi connectivity index (χ1n) is 6.12. The number of aryl methyl sites for hydroxylation is 1. The standard InChI is InChI=1S/C15H15BrFN3.HI/c1-10-2-5-13(6-3-10)20-15(18)19-9-11-8-12(16)4-7-14(11)17;/h2-8H,9H2,1H3,(H3,18,19,20);1H. The molecule has 0 atom stereocenters. The molecule has 2 aromatic rings. The van der Waals surface area contributed by atoms with Crippen molar-refractivity contribution in [2.75, 3.05) is 5.32 Å². The van der Waals surface area contributed by atoms with Gasteiger partial charge in [0.15, 0.2) is 5.96 Å². The van der Waals surface area contributed by atoms with E-state index in [0.717, 1.165) is 10.2 Å². The van der Waals surface area contributed by atoms with Crippen molar-refractivity contribution in [3.05, 3.63) is 63.9 Å². The molecule has 3 nitrogen and oxygen atoms in total. The quantitative estimate of drug-likeness (QED) is 0.401. The Labute approximate surface area is 149 Å². The van der Waals surface area contributed by atoms with Crippen molar-refractivity contribution < 1.29 is 4.39 Å². The van der Waals surface area contributed by atoms with Gasteiger partial charge in [-0.2, -0.15) is 0 Å². The van der Waals surface area contributed by atoms with Crippen LogP contribution in [0.15, 0.2) is 51.9 Å². The van der Waals surface area contributed by atoms with E-state index >= 15 is 0 Å². The van der Waals surface area contributed by atoms with E-state index in [2.05, 4.69) is 26.2 Å². The van der Waals surface area contributed by atoms with Gasteiger partial charge in [0.2, 0.25) is 0 Å². The fourth-order valence-electron chi connectivity index (χ4n) is 1.66. The number of nitrogens with zero attached hydrogens (tertiary/aromatic N) is 1. The molecular formula is C15H16BrFIN3. The SMILES string of the molecule is Cc1ccc(NC(N)=NCc2cc(Br)ccc2F)cc1.I. The smallest absolute Gasteiger partial charge is 0.193 e. The second-order valence-corrected chi connectivity index (χ2v) is 5.34. The Morgan fingerprint density at radius 3 is 2.57 bits per heavy atom. The van der Waals surface area contributed by atoms with Crippen LogP contribution >= 0.6 is 39.9 Å². The number of nitrogens with two attached hydrogens (primary N) is 1. The summed E-state index contributed by atoms with van der Waals surface area (Å²) in [7, 11) is 0. The van der Waals surface area contributed by atoms with Crippen LogP contribution in [0.5, 0.6) is 0 Å². The van der Waals surface area contributed by atoms with E-state index in [1.54, 1.807) is 12.1 Å². The molecular weight excluding hydrogens is 448 g/mol. The number of benzene rings is 2. The van der Waals surface area contributed by atoms with Crippen LogP contribution in [0.25, 0.3) is 0 Å². The van der Waals surface area contributed by atoms with Crippen molar-refractivity contribution in [1.82, 2.24) is 0 Å². The lowest BCUT2D eigenvalue weighted by molar-refractivity contribution is 0.610. The molecule has 0 amide bonds. The first kappa shape index (κ1) is 17.9. The number of hydrogen-bond acceptors (Lipinski definition) is 1. The summed E-state index contributed by atoms with van der Waals surface area (Å²) in [6.07, 6.45) is 0. The molecule has 0 unspecified atom stereocenters. The predicted molar refractivity (Wildman–Crippen MR) is 99.6 cm³/mol. The normalized spacial score (nSPS) is 10.9. The van der Waals surface area contributed by atoms with Crippen LogP contribution in [0.1, 0.15) is 11.1 Å². The maximum Gasteiger partial charge on any atom is 0.193 e. The van der Waals surface area contributed by atoms with Gasteiger partial charge in [-0.15, -0.1) is 24.0 Å². The summed E-state index contributed by atoms with van der Waals surface area (Å²) in [5.41, 5.74) is 8.30. The topological polar surface area (TPSA) is 50.4 Å². The maximum atomic E-state index is 13.5. The molecule has 0 saturated heterocycles. The molecule has 0 bridgehead atoms. The highest BCUT2D eigenvalue weighted by Crippen LogP contribution is 2.16. The van der Waals surface area contributed by atoms with Gasteiger partial charge in [-0.1, -0.05) is 33.6 Å². The third-order valence-electron chi connectivity index (χ3n) is 2.75. The zero-order valence-corrected chi connectivity index (χ0v) is 15.4. The lowest BCUT2D eigenvalue weighted by atomic mass is 10.2. The van der Waals surface area contributed by atoms with E-state index in [1.807, 2.05) is 31.2 Å². The molecule has 21 heavy (non-hydrogen) atoms. The minimum Gasteiger partial charge on any atom is -0.370 e. The van der Waals surface area contributed by atoms with Gasteiger partial charge in [0, 0.05) is 15.7 Å². The summed E-state index contributed by atoms with van der Waals surface area (Å²) >= 11 is 3.30. The lowest BCUT2D eigenvalue weighted by Crippen LogP contribution is -2.22. The number of aliphatic imine (C=N–C) groups is 1. The van der Waals surface area contributed by atoms with Crippen molar-refractivity contribution >= 4 is 51.6 Å². The monoisotopic (exact) mass is 463 g/mol. The molecule has 2 rings (SSSR count). The zero-order chi connectivity index (χ0) is 14.5. The Balaban J connectivity index is 0.00000220. The molecule has 3 N–H and O–H groups in total. The molecule has 0 aromatic heterocycles. The largest absolute Gasteiger partial charge is 0.370 e. The third-order valence-corrected chi connectivity index (χ3v) is 3.24. The first-order chi connectivity index (χ1) is 9.54. The highest BCUT2D eigenvalue weighted by molar-refractivity contribution is 14.0. The highest BCUT2D eigenvalue weighted by atomic mass is 127. The van der Waals surface area contributed by atoms with Crippen LogP contribution in [-0.2, 0) is 6.54 Å². The van der Waals surface area contributed by atoms with E-state index in [9.17, 15) is 4.39 Å². The molecule has 0 radical (unpaired) electrons. The van der Waals surface area contributed by atoms with Crippen LogP contribution < -0.4 is 11.1 Å². The molecule has 0 aliphatic carbocycles. The van der Waals surface area contributed by atoms with Crippen LogP contribution in [0.4, 0.5) is 10.1 Å². The minimum atomic E-state index is -0.292. The van der Waals surface area contributed by atoms with Crippen molar-refractivity contribution in [1.29, 1.82) is 0 Å². The third kappa shape index (κ3) is 5.62. The molecule has 6 heteroatoms. The van der Waals surface area contributed by atoms with E-state index in [4.69, 9.17) is 5.73 Å². The van der Waals surface area contributed by atoms with Crippen molar-refractivity contribution in [3.8, 4) is 0 Å².